The van der Waals surface area contributed by atoms with Crippen molar-refractivity contribution in [2.75, 3.05) is 32.7 Å². The summed E-state index contributed by atoms with van der Waals surface area (Å²) < 4.78 is 26.9. The first-order chi connectivity index (χ1) is 13.8. The lowest BCUT2D eigenvalue weighted by molar-refractivity contribution is -0.123. The van der Waals surface area contributed by atoms with Crippen LogP contribution in [-0.2, 0) is 4.79 Å². The summed E-state index contributed by atoms with van der Waals surface area (Å²) in [5.74, 6) is -1.73. The molecule has 154 valence electrons. The van der Waals surface area contributed by atoms with Gasteiger partial charge in [0.1, 0.15) is 11.6 Å². The van der Waals surface area contributed by atoms with Gasteiger partial charge in [-0.1, -0.05) is 29.8 Å². The molecule has 2 aromatic rings. The zero-order chi connectivity index (χ0) is 21.0. The quantitative estimate of drug-likeness (QED) is 0.806. The van der Waals surface area contributed by atoms with Crippen LogP contribution in [0.4, 0.5) is 8.78 Å². The van der Waals surface area contributed by atoms with Gasteiger partial charge < -0.3 is 10.2 Å². The van der Waals surface area contributed by atoms with Crippen LogP contribution in [0.2, 0.25) is 5.02 Å². The molecule has 1 saturated heterocycles. The highest BCUT2D eigenvalue weighted by Gasteiger charge is 2.25. The number of halogens is 3. The van der Waals surface area contributed by atoms with Gasteiger partial charge in [-0.2, -0.15) is 0 Å². The maximum atomic E-state index is 13.8. The number of amides is 2. The first-order valence-electron chi connectivity index (χ1n) is 9.35. The van der Waals surface area contributed by atoms with Crippen molar-refractivity contribution in [1.82, 2.24) is 15.1 Å². The minimum Gasteiger partial charge on any atom is -0.348 e. The molecule has 2 amide bonds. The van der Waals surface area contributed by atoms with Crippen molar-refractivity contribution in [3.63, 3.8) is 0 Å². The molecular formula is C21H22ClF2N3O2. The van der Waals surface area contributed by atoms with Crippen LogP contribution in [-0.4, -0.2) is 54.3 Å². The van der Waals surface area contributed by atoms with Crippen LogP contribution in [0.15, 0.2) is 42.5 Å². The van der Waals surface area contributed by atoms with Gasteiger partial charge in [0.25, 0.3) is 5.91 Å². The van der Waals surface area contributed by atoms with E-state index in [1.165, 1.54) is 6.07 Å². The number of carbonyl (C=O) groups is 2. The molecule has 0 aliphatic carbocycles. The molecule has 2 aromatic carbocycles. The van der Waals surface area contributed by atoms with Crippen molar-refractivity contribution in [2.24, 2.45) is 0 Å². The summed E-state index contributed by atoms with van der Waals surface area (Å²) in [6, 6.07) is 9.63. The van der Waals surface area contributed by atoms with Crippen molar-refractivity contribution in [1.29, 1.82) is 0 Å². The Morgan fingerprint density at radius 3 is 2.45 bits per heavy atom. The van der Waals surface area contributed by atoms with Gasteiger partial charge in [0, 0.05) is 37.8 Å². The molecule has 1 heterocycles. The molecule has 8 heteroatoms. The van der Waals surface area contributed by atoms with E-state index in [9.17, 15) is 18.4 Å². The Kier molecular flexibility index (Phi) is 6.82. The number of carbonyl (C=O) groups excluding carboxylic acids is 2. The summed E-state index contributed by atoms with van der Waals surface area (Å²) in [5, 5.41) is 3.15. The summed E-state index contributed by atoms with van der Waals surface area (Å²) in [4.78, 5) is 28.5. The maximum Gasteiger partial charge on any atom is 0.255 e. The van der Waals surface area contributed by atoms with Gasteiger partial charge in [0.2, 0.25) is 5.91 Å². The normalized spacial score (nSPS) is 15.8. The zero-order valence-corrected chi connectivity index (χ0v) is 16.8. The highest BCUT2D eigenvalue weighted by atomic mass is 35.5. The average Bonchev–Trinajstić information content (AvgIpc) is 2.68. The summed E-state index contributed by atoms with van der Waals surface area (Å²) in [6.45, 7) is 3.85. The number of hydrogen-bond acceptors (Lipinski definition) is 3. The smallest absolute Gasteiger partial charge is 0.255 e. The predicted octanol–water partition coefficient (Wildman–Crippen LogP) is 3.25. The third kappa shape index (κ3) is 5.31. The standard InChI is InChI=1S/C21H22ClF2N3O2/c1-14(16-7-6-15(23)12-19(16)24)25-20(28)13-26-8-10-27(11-9-26)21(29)17-4-2-3-5-18(17)22/h2-7,12,14H,8-11,13H2,1H3,(H,25,28). The number of piperazine rings is 1. The number of hydrogen-bond donors (Lipinski definition) is 1. The highest BCUT2D eigenvalue weighted by Crippen LogP contribution is 2.19. The Balaban J connectivity index is 1.49. The Morgan fingerprint density at radius 2 is 1.79 bits per heavy atom. The SMILES string of the molecule is CC(NC(=O)CN1CCN(C(=O)c2ccccc2Cl)CC1)c1ccc(F)cc1F. The number of benzene rings is 2. The fourth-order valence-electron chi connectivity index (χ4n) is 3.33. The van der Waals surface area contributed by atoms with Crippen LogP contribution >= 0.6 is 11.6 Å². The first kappa shape index (κ1) is 21.2. The number of nitrogens with one attached hydrogen (secondary N) is 1. The zero-order valence-electron chi connectivity index (χ0n) is 16.0. The lowest BCUT2D eigenvalue weighted by Gasteiger charge is -2.34. The second-order valence-electron chi connectivity index (χ2n) is 7.00. The van der Waals surface area contributed by atoms with E-state index in [1.807, 2.05) is 4.90 Å². The topological polar surface area (TPSA) is 52.7 Å². The van der Waals surface area contributed by atoms with Crippen molar-refractivity contribution in [3.8, 4) is 0 Å². The highest BCUT2D eigenvalue weighted by molar-refractivity contribution is 6.33. The van der Waals surface area contributed by atoms with Crippen LogP contribution in [0.1, 0.15) is 28.9 Å². The van der Waals surface area contributed by atoms with Gasteiger partial charge in [0.05, 0.1) is 23.2 Å². The van der Waals surface area contributed by atoms with Crippen molar-refractivity contribution >= 4 is 23.4 Å². The Morgan fingerprint density at radius 1 is 1.10 bits per heavy atom. The fourth-order valence-corrected chi connectivity index (χ4v) is 3.55. The third-order valence-electron chi connectivity index (χ3n) is 4.94. The monoisotopic (exact) mass is 421 g/mol. The van der Waals surface area contributed by atoms with Crippen molar-refractivity contribution in [2.45, 2.75) is 13.0 Å². The number of rotatable bonds is 5. The van der Waals surface area contributed by atoms with Gasteiger partial charge >= 0.3 is 0 Å². The molecule has 1 fully saturated rings. The summed E-state index contributed by atoms with van der Waals surface area (Å²) >= 11 is 6.10. The molecule has 0 radical (unpaired) electrons. The first-order valence-corrected chi connectivity index (χ1v) is 9.73. The lowest BCUT2D eigenvalue weighted by Crippen LogP contribution is -2.51. The molecular weight excluding hydrogens is 400 g/mol. The maximum absolute atomic E-state index is 13.8. The largest absolute Gasteiger partial charge is 0.348 e. The van der Waals surface area contributed by atoms with E-state index in [4.69, 9.17) is 11.6 Å². The second kappa shape index (κ2) is 9.33. The minimum absolute atomic E-state index is 0.125. The third-order valence-corrected chi connectivity index (χ3v) is 5.27. The molecule has 1 aliphatic rings. The van der Waals surface area contributed by atoms with Gasteiger partial charge in [0.15, 0.2) is 0 Å². The van der Waals surface area contributed by atoms with Crippen molar-refractivity contribution < 1.29 is 18.4 Å². The molecule has 1 atom stereocenters. The summed E-state index contributed by atoms with van der Waals surface area (Å²) in [6.07, 6.45) is 0. The van der Waals surface area contributed by atoms with Gasteiger partial charge in [-0.25, -0.2) is 8.78 Å². The summed E-state index contributed by atoms with van der Waals surface area (Å²) in [5.41, 5.74) is 0.699. The van der Waals surface area contributed by atoms with Crippen molar-refractivity contribution in [3.05, 3.63) is 70.2 Å². The van der Waals surface area contributed by atoms with E-state index in [0.717, 1.165) is 12.1 Å². The molecule has 29 heavy (non-hydrogen) atoms. The Bertz CT molecular complexity index is 901. The van der Waals surface area contributed by atoms with E-state index in [0.29, 0.717) is 36.8 Å². The van der Waals surface area contributed by atoms with Gasteiger partial charge in [-0.15, -0.1) is 0 Å². The summed E-state index contributed by atoms with van der Waals surface area (Å²) in [7, 11) is 0. The average molecular weight is 422 g/mol. The molecule has 0 spiro atoms. The Hall–Kier alpha value is -2.51. The van der Waals surface area contributed by atoms with E-state index in [-0.39, 0.29) is 23.9 Å². The molecule has 1 unspecified atom stereocenters. The Labute approximate surface area is 173 Å². The van der Waals surface area contributed by atoms with E-state index in [1.54, 1.807) is 36.1 Å². The molecule has 1 aliphatic heterocycles. The van der Waals surface area contributed by atoms with Gasteiger partial charge in [-0.05, 0) is 25.1 Å². The molecule has 0 saturated carbocycles. The molecule has 3 rings (SSSR count). The predicted molar refractivity (Wildman–Crippen MR) is 107 cm³/mol. The van der Waals surface area contributed by atoms with Crippen LogP contribution < -0.4 is 5.32 Å². The fraction of sp³-hybridized carbons (Fsp3) is 0.333. The van der Waals surface area contributed by atoms with Gasteiger partial charge in [-0.3, -0.25) is 14.5 Å². The molecule has 1 N–H and O–H groups in total. The van der Waals surface area contributed by atoms with Crippen LogP contribution in [0.25, 0.3) is 0 Å². The van der Waals surface area contributed by atoms with Crippen LogP contribution in [0, 0.1) is 11.6 Å². The van der Waals surface area contributed by atoms with Crippen LogP contribution in [0.3, 0.4) is 0 Å². The van der Waals surface area contributed by atoms with E-state index in [2.05, 4.69) is 5.32 Å². The van der Waals surface area contributed by atoms with Crippen LogP contribution in [0.5, 0.6) is 0 Å². The molecule has 0 aromatic heterocycles. The molecule has 0 bridgehead atoms. The number of nitrogens with zero attached hydrogens (tertiary/aromatic N) is 2. The second-order valence-corrected chi connectivity index (χ2v) is 7.41. The van der Waals surface area contributed by atoms with E-state index < -0.39 is 17.7 Å². The lowest BCUT2D eigenvalue weighted by atomic mass is 10.1. The molecule has 5 nitrogen and oxygen atoms in total. The van der Waals surface area contributed by atoms with E-state index >= 15 is 0 Å². The minimum atomic E-state index is -0.690.